The molecule has 0 saturated carbocycles. The Morgan fingerprint density at radius 2 is 1.33 bits per heavy atom. The van der Waals surface area contributed by atoms with Gasteiger partial charge in [0.15, 0.2) is 0 Å². The van der Waals surface area contributed by atoms with Crippen molar-refractivity contribution in [2.24, 2.45) is 0 Å². The van der Waals surface area contributed by atoms with E-state index >= 15 is 0 Å². The molecule has 3 nitrogen and oxygen atoms in total. The molecule has 0 heterocycles. The van der Waals surface area contributed by atoms with Crippen molar-refractivity contribution in [3.05, 3.63) is 102 Å². The number of benzene rings is 3. The predicted molar refractivity (Wildman–Crippen MR) is 95.8 cm³/mol. The number of carbonyl (C=O) groups excluding carboxylic acids is 1. The summed E-state index contributed by atoms with van der Waals surface area (Å²) < 4.78 is 5.32. The number of carbonyl (C=O) groups is 1. The highest BCUT2D eigenvalue weighted by molar-refractivity contribution is 5.89. The number of hydrogen-bond acceptors (Lipinski definition) is 3. The van der Waals surface area contributed by atoms with Crippen molar-refractivity contribution in [1.82, 2.24) is 0 Å². The summed E-state index contributed by atoms with van der Waals surface area (Å²) in [4.78, 5) is 12.1. The Bertz CT molecular complexity index is 768. The molecule has 0 aliphatic carbocycles. The monoisotopic (exact) mass is 317 g/mol. The van der Waals surface area contributed by atoms with E-state index in [-0.39, 0.29) is 12.6 Å². The molecule has 1 N–H and O–H groups in total. The van der Waals surface area contributed by atoms with Crippen molar-refractivity contribution in [2.75, 3.05) is 5.32 Å². The molecule has 0 unspecified atom stereocenters. The lowest BCUT2D eigenvalue weighted by atomic mass is 10.2. The van der Waals surface area contributed by atoms with Gasteiger partial charge in [-0.05, 0) is 35.4 Å². The molecule has 3 aromatic carbocycles. The molecule has 3 heteroatoms. The van der Waals surface area contributed by atoms with Crippen molar-refractivity contribution >= 4 is 11.7 Å². The molecule has 3 aromatic rings. The number of nitrogens with one attached hydrogen (secondary N) is 1. The Labute approximate surface area is 141 Å². The zero-order valence-corrected chi connectivity index (χ0v) is 13.3. The zero-order valence-electron chi connectivity index (χ0n) is 13.3. The predicted octanol–water partition coefficient (Wildman–Crippen LogP) is 4.66. The van der Waals surface area contributed by atoms with Gasteiger partial charge in [-0.25, -0.2) is 4.79 Å². The van der Waals surface area contributed by atoms with Crippen molar-refractivity contribution in [3.8, 4) is 0 Å². The van der Waals surface area contributed by atoms with Gasteiger partial charge in [-0.15, -0.1) is 0 Å². The minimum absolute atomic E-state index is 0.285. The van der Waals surface area contributed by atoms with E-state index < -0.39 is 0 Å². The maximum atomic E-state index is 12.1. The van der Waals surface area contributed by atoms with E-state index in [9.17, 15) is 4.79 Å². The topological polar surface area (TPSA) is 38.3 Å². The summed E-state index contributed by atoms with van der Waals surface area (Å²) in [6.45, 7) is 1.03. The normalized spacial score (nSPS) is 10.2. The first-order valence-electron chi connectivity index (χ1n) is 7.90. The maximum absolute atomic E-state index is 12.1. The molecular formula is C21H19NO2. The second-order valence-electron chi connectivity index (χ2n) is 5.48. The third kappa shape index (κ3) is 4.46. The molecule has 0 bridgehead atoms. The van der Waals surface area contributed by atoms with Crippen LogP contribution in [0.5, 0.6) is 0 Å². The average Bonchev–Trinajstić information content (AvgIpc) is 2.66. The van der Waals surface area contributed by atoms with Crippen LogP contribution < -0.4 is 5.32 Å². The van der Waals surface area contributed by atoms with Crippen LogP contribution in [-0.2, 0) is 17.9 Å². The second-order valence-corrected chi connectivity index (χ2v) is 5.48. The van der Waals surface area contributed by atoms with E-state index in [1.54, 1.807) is 12.1 Å². The van der Waals surface area contributed by atoms with Gasteiger partial charge < -0.3 is 10.1 Å². The van der Waals surface area contributed by atoms with Gasteiger partial charge in [0.05, 0.1) is 5.56 Å². The highest BCUT2D eigenvalue weighted by atomic mass is 16.5. The summed E-state index contributed by atoms with van der Waals surface area (Å²) in [6, 6.07) is 27.2. The van der Waals surface area contributed by atoms with Gasteiger partial charge in [0, 0.05) is 12.2 Å². The molecule has 0 radical (unpaired) electrons. The van der Waals surface area contributed by atoms with Crippen LogP contribution in [0.4, 0.5) is 5.69 Å². The summed E-state index contributed by atoms with van der Waals surface area (Å²) in [7, 11) is 0. The molecule has 24 heavy (non-hydrogen) atoms. The van der Waals surface area contributed by atoms with Crippen LogP contribution in [0.15, 0.2) is 84.9 Å². The van der Waals surface area contributed by atoms with Crippen LogP contribution in [0, 0.1) is 0 Å². The molecule has 3 rings (SSSR count). The molecule has 0 fully saturated rings. The van der Waals surface area contributed by atoms with Crippen LogP contribution in [0.1, 0.15) is 21.5 Å². The van der Waals surface area contributed by atoms with Crippen molar-refractivity contribution < 1.29 is 9.53 Å². The Balaban J connectivity index is 1.53. The fourth-order valence-electron chi connectivity index (χ4n) is 2.33. The third-order valence-electron chi connectivity index (χ3n) is 3.67. The number of ether oxygens (including phenoxy) is 1. The fourth-order valence-corrected chi connectivity index (χ4v) is 2.33. The smallest absolute Gasteiger partial charge is 0.338 e. The first kappa shape index (κ1) is 15.8. The first-order valence-corrected chi connectivity index (χ1v) is 7.90. The Morgan fingerprint density at radius 1 is 0.750 bits per heavy atom. The van der Waals surface area contributed by atoms with Crippen LogP contribution in [0.25, 0.3) is 0 Å². The SMILES string of the molecule is O=C(OCc1ccccc1)c1ccc(NCc2ccccc2)cc1. The van der Waals surface area contributed by atoms with Gasteiger partial charge in [0.2, 0.25) is 0 Å². The molecule has 0 amide bonds. The molecule has 0 saturated heterocycles. The largest absolute Gasteiger partial charge is 0.457 e. The van der Waals surface area contributed by atoms with Crippen molar-refractivity contribution in [3.63, 3.8) is 0 Å². The number of anilines is 1. The molecular weight excluding hydrogens is 298 g/mol. The van der Waals surface area contributed by atoms with E-state index in [1.807, 2.05) is 60.7 Å². The Kier molecular flexibility index (Phi) is 5.25. The maximum Gasteiger partial charge on any atom is 0.338 e. The van der Waals surface area contributed by atoms with E-state index in [0.29, 0.717) is 5.56 Å². The fraction of sp³-hybridized carbons (Fsp3) is 0.0952. The molecule has 0 aromatic heterocycles. The molecule has 120 valence electrons. The summed E-state index contributed by atoms with van der Waals surface area (Å²) >= 11 is 0. The van der Waals surface area contributed by atoms with E-state index in [1.165, 1.54) is 5.56 Å². The standard InChI is InChI=1S/C21H19NO2/c23-21(24-16-18-9-5-2-6-10-18)19-11-13-20(14-12-19)22-15-17-7-3-1-4-8-17/h1-14,22H,15-16H2. The Hall–Kier alpha value is -3.07. The van der Waals surface area contributed by atoms with Gasteiger partial charge in [-0.3, -0.25) is 0 Å². The minimum Gasteiger partial charge on any atom is -0.457 e. The van der Waals surface area contributed by atoms with E-state index in [0.717, 1.165) is 17.8 Å². The number of rotatable bonds is 6. The van der Waals surface area contributed by atoms with Crippen molar-refractivity contribution in [2.45, 2.75) is 13.2 Å². The van der Waals surface area contributed by atoms with Crippen LogP contribution in [0.2, 0.25) is 0 Å². The van der Waals surface area contributed by atoms with E-state index in [2.05, 4.69) is 17.4 Å². The third-order valence-corrected chi connectivity index (χ3v) is 3.67. The van der Waals surface area contributed by atoms with Crippen molar-refractivity contribution in [1.29, 1.82) is 0 Å². The summed E-state index contributed by atoms with van der Waals surface area (Å²) in [5, 5.41) is 3.33. The summed E-state index contributed by atoms with van der Waals surface area (Å²) in [6.07, 6.45) is 0. The molecule has 0 spiro atoms. The highest BCUT2D eigenvalue weighted by Gasteiger charge is 2.07. The molecule has 0 atom stereocenters. The Morgan fingerprint density at radius 3 is 1.96 bits per heavy atom. The lowest BCUT2D eigenvalue weighted by Crippen LogP contribution is -2.05. The summed E-state index contributed by atoms with van der Waals surface area (Å²) in [5.74, 6) is -0.312. The van der Waals surface area contributed by atoms with Crippen LogP contribution >= 0.6 is 0 Å². The quantitative estimate of drug-likeness (QED) is 0.672. The second kappa shape index (κ2) is 7.97. The number of esters is 1. The lowest BCUT2D eigenvalue weighted by Gasteiger charge is -2.08. The highest BCUT2D eigenvalue weighted by Crippen LogP contribution is 2.13. The van der Waals surface area contributed by atoms with Gasteiger partial charge in [-0.1, -0.05) is 60.7 Å². The van der Waals surface area contributed by atoms with Gasteiger partial charge in [0.25, 0.3) is 0 Å². The van der Waals surface area contributed by atoms with Gasteiger partial charge >= 0.3 is 5.97 Å². The average molecular weight is 317 g/mol. The van der Waals surface area contributed by atoms with Crippen LogP contribution in [-0.4, -0.2) is 5.97 Å². The molecule has 0 aliphatic rings. The molecule has 0 aliphatic heterocycles. The number of hydrogen-bond donors (Lipinski definition) is 1. The zero-order chi connectivity index (χ0) is 16.6. The van der Waals surface area contributed by atoms with Gasteiger partial charge in [-0.2, -0.15) is 0 Å². The van der Waals surface area contributed by atoms with Crippen LogP contribution in [0.3, 0.4) is 0 Å². The van der Waals surface area contributed by atoms with Gasteiger partial charge in [0.1, 0.15) is 6.61 Å². The summed E-state index contributed by atoms with van der Waals surface area (Å²) in [5.41, 5.74) is 3.71. The van der Waals surface area contributed by atoms with E-state index in [4.69, 9.17) is 4.74 Å². The lowest BCUT2D eigenvalue weighted by molar-refractivity contribution is 0.0473. The first-order chi connectivity index (χ1) is 11.8. The minimum atomic E-state index is -0.312.